The van der Waals surface area contributed by atoms with E-state index in [4.69, 9.17) is 21.4 Å². The summed E-state index contributed by atoms with van der Waals surface area (Å²) < 4.78 is 6.29. The van der Waals surface area contributed by atoms with Crippen molar-refractivity contribution < 1.29 is 19.7 Å². The average molecular weight is 260 g/mol. The van der Waals surface area contributed by atoms with Crippen LogP contribution in [-0.2, 0) is 11.3 Å². The van der Waals surface area contributed by atoms with Gasteiger partial charge >= 0.3 is 12.2 Å². The van der Waals surface area contributed by atoms with E-state index in [0.29, 0.717) is 25.5 Å². The lowest BCUT2D eigenvalue weighted by atomic mass is 9.89. The van der Waals surface area contributed by atoms with Crippen LogP contribution in [0.25, 0.3) is 0 Å². The fourth-order valence-corrected chi connectivity index (χ4v) is 1.53. The van der Waals surface area contributed by atoms with Crippen LogP contribution in [0.4, 0.5) is 0 Å². The summed E-state index contributed by atoms with van der Waals surface area (Å²) in [5, 5.41) is 21.6. The van der Waals surface area contributed by atoms with Crippen LogP contribution in [0.5, 0.6) is 0 Å². The van der Waals surface area contributed by atoms with Gasteiger partial charge in [-0.15, -0.1) is 0 Å². The second kappa shape index (κ2) is 6.81. The van der Waals surface area contributed by atoms with Crippen molar-refractivity contribution in [2.75, 3.05) is 13.2 Å². The van der Waals surface area contributed by atoms with Crippen molar-refractivity contribution in [1.82, 2.24) is 5.23 Å². The minimum absolute atomic E-state index is 0.258. The van der Waals surface area contributed by atoms with Crippen molar-refractivity contribution in [1.29, 1.82) is 0 Å². The molecule has 0 fully saturated rings. The highest BCUT2D eigenvalue weighted by molar-refractivity contribution is 6.45. The van der Waals surface area contributed by atoms with E-state index in [1.165, 1.54) is 0 Å². The standard InChI is InChI=1S/C10H17BClN2O3/c1-8-3-4-9(10(12)14(8)16)7-17-6-5-13-11(2)15/h3-4,13,15-16H,5-7H2,1-2H3/q+1. The predicted octanol–water partition coefficient (Wildman–Crippen LogP) is 0.390. The molecule has 0 aliphatic rings. The molecule has 0 aliphatic heterocycles. The second-order valence-electron chi connectivity index (χ2n) is 3.79. The molecule has 5 nitrogen and oxygen atoms in total. The van der Waals surface area contributed by atoms with Gasteiger partial charge in [0.25, 0.3) is 0 Å². The first-order valence-corrected chi connectivity index (χ1v) is 5.78. The molecule has 17 heavy (non-hydrogen) atoms. The molecule has 1 heterocycles. The van der Waals surface area contributed by atoms with Gasteiger partial charge in [0, 0.05) is 24.3 Å². The fraction of sp³-hybridized carbons (Fsp3) is 0.500. The molecule has 0 saturated heterocycles. The smallest absolute Gasteiger partial charge is 0.373 e. The number of aryl methyl sites for hydroxylation is 1. The van der Waals surface area contributed by atoms with Gasteiger partial charge in [-0.1, -0.05) is 0 Å². The summed E-state index contributed by atoms with van der Waals surface area (Å²) in [7, 11) is -0.541. The molecule has 0 aliphatic carbocycles. The molecule has 0 radical (unpaired) electrons. The number of nitrogens with one attached hydrogen (secondary N) is 1. The zero-order valence-electron chi connectivity index (χ0n) is 9.98. The van der Waals surface area contributed by atoms with E-state index < -0.39 is 7.05 Å². The van der Waals surface area contributed by atoms with Crippen LogP contribution in [0.2, 0.25) is 12.0 Å². The first-order valence-electron chi connectivity index (χ1n) is 5.41. The van der Waals surface area contributed by atoms with Crippen LogP contribution in [-0.4, -0.2) is 30.4 Å². The lowest BCUT2D eigenvalue weighted by molar-refractivity contribution is -0.907. The number of ether oxygens (including phenoxy) is 1. The van der Waals surface area contributed by atoms with Crippen molar-refractivity contribution in [2.24, 2.45) is 0 Å². The first-order chi connectivity index (χ1) is 8.02. The minimum Gasteiger partial charge on any atom is -0.437 e. The molecule has 1 rings (SSSR count). The van der Waals surface area contributed by atoms with Crippen molar-refractivity contribution in [3.05, 3.63) is 28.5 Å². The maximum absolute atomic E-state index is 9.55. The fourth-order valence-electron chi connectivity index (χ4n) is 1.28. The van der Waals surface area contributed by atoms with E-state index in [1.54, 1.807) is 19.8 Å². The Morgan fingerprint density at radius 3 is 2.88 bits per heavy atom. The Bertz CT molecular complexity index is 377. The van der Waals surface area contributed by atoms with Crippen molar-refractivity contribution in [2.45, 2.75) is 20.4 Å². The number of hydrogen-bond acceptors (Lipinski definition) is 4. The number of aromatic nitrogens is 1. The van der Waals surface area contributed by atoms with Gasteiger partial charge in [-0.2, -0.15) is 0 Å². The highest BCUT2D eigenvalue weighted by atomic mass is 35.5. The molecular weight excluding hydrogens is 242 g/mol. The van der Waals surface area contributed by atoms with Gasteiger partial charge in [0.2, 0.25) is 5.69 Å². The summed E-state index contributed by atoms with van der Waals surface area (Å²) >= 11 is 5.94. The van der Waals surface area contributed by atoms with Crippen LogP contribution < -0.4 is 9.96 Å². The lowest BCUT2D eigenvalue weighted by Crippen LogP contribution is -2.36. The van der Waals surface area contributed by atoms with Crippen LogP contribution >= 0.6 is 11.6 Å². The Kier molecular flexibility index (Phi) is 5.71. The Balaban J connectivity index is 2.40. The highest BCUT2D eigenvalue weighted by Gasteiger charge is 2.16. The molecule has 1 aromatic rings. The number of rotatable bonds is 6. The number of pyridine rings is 1. The molecule has 7 heteroatoms. The maximum Gasteiger partial charge on any atom is 0.373 e. The van der Waals surface area contributed by atoms with Gasteiger partial charge in [0.05, 0.1) is 18.8 Å². The zero-order chi connectivity index (χ0) is 12.8. The third kappa shape index (κ3) is 4.51. The van der Waals surface area contributed by atoms with E-state index in [1.807, 2.05) is 6.07 Å². The van der Waals surface area contributed by atoms with Gasteiger partial charge in [0.1, 0.15) is 0 Å². The molecule has 0 aromatic carbocycles. The molecule has 0 amide bonds. The summed E-state index contributed by atoms with van der Waals surface area (Å²) in [4.78, 5) is 0. The summed E-state index contributed by atoms with van der Waals surface area (Å²) in [5.74, 6) is 0. The van der Waals surface area contributed by atoms with E-state index >= 15 is 0 Å². The number of hydrogen-bond donors (Lipinski definition) is 3. The molecule has 0 atom stereocenters. The SMILES string of the molecule is CB(O)NCCOCc1ccc(C)[n+](O)c1Cl. The monoisotopic (exact) mass is 259 g/mol. The normalized spacial score (nSPS) is 10.6. The Hall–Kier alpha value is -0.815. The summed E-state index contributed by atoms with van der Waals surface area (Å²) in [5.41, 5.74) is 1.38. The summed E-state index contributed by atoms with van der Waals surface area (Å²) in [6, 6.07) is 3.57. The molecule has 0 bridgehead atoms. The van der Waals surface area contributed by atoms with Crippen LogP contribution in [0.15, 0.2) is 12.1 Å². The van der Waals surface area contributed by atoms with Gasteiger partial charge in [-0.05, 0) is 24.5 Å². The topological polar surface area (TPSA) is 65.6 Å². The largest absolute Gasteiger partial charge is 0.437 e. The summed E-state index contributed by atoms with van der Waals surface area (Å²) in [6.45, 7) is 4.73. The van der Waals surface area contributed by atoms with E-state index in [-0.39, 0.29) is 5.15 Å². The molecular formula is C10H17BClN2O3+. The molecule has 3 N–H and O–H groups in total. The molecule has 0 unspecified atom stereocenters. The molecule has 0 spiro atoms. The molecule has 1 aromatic heterocycles. The molecule has 0 saturated carbocycles. The van der Waals surface area contributed by atoms with Crippen molar-refractivity contribution in [3.63, 3.8) is 0 Å². The second-order valence-corrected chi connectivity index (χ2v) is 4.14. The van der Waals surface area contributed by atoms with Crippen LogP contribution in [0.3, 0.4) is 0 Å². The lowest BCUT2D eigenvalue weighted by Gasteiger charge is -2.06. The Morgan fingerprint density at radius 1 is 1.53 bits per heavy atom. The van der Waals surface area contributed by atoms with Gasteiger partial charge in [-0.25, -0.2) is 0 Å². The third-order valence-corrected chi connectivity index (χ3v) is 2.66. The van der Waals surface area contributed by atoms with Gasteiger partial charge in [-0.3, -0.25) is 5.21 Å². The summed E-state index contributed by atoms with van der Waals surface area (Å²) in [6.07, 6.45) is 0. The van der Waals surface area contributed by atoms with Crippen molar-refractivity contribution in [3.8, 4) is 0 Å². The Morgan fingerprint density at radius 2 is 2.24 bits per heavy atom. The van der Waals surface area contributed by atoms with Crippen LogP contribution in [0, 0.1) is 6.92 Å². The average Bonchev–Trinajstić information content (AvgIpc) is 2.28. The van der Waals surface area contributed by atoms with E-state index in [0.717, 1.165) is 10.3 Å². The van der Waals surface area contributed by atoms with Crippen LogP contribution in [0.1, 0.15) is 11.3 Å². The van der Waals surface area contributed by atoms with E-state index in [9.17, 15) is 5.21 Å². The number of halogens is 1. The zero-order valence-corrected chi connectivity index (χ0v) is 10.7. The predicted molar refractivity (Wildman–Crippen MR) is 65.1 cm³/mol. The van der Waals surface area contributed by atoms with E-state index in [2.05, 4.69) is 5.23 Å². The third-order valence-electron chi connectivity index (χ3n) is 2.25. The molecule has 94 valence electrons. The highest BCUT2D eigenvalue weighted by Crippen LogP contribution is 2.12. The quantitative estimate of drug-likeness (QED) is 0.227. The Labute approximate surface area is 106 Å². The first kappa shape index (κ1) is 14.2. The van der Waals surface area contributed by atoms with Crippen molar-refractivity contribution >= 4 is 18.7 Å². The van der Waals surface area contributed by atoms with Gasteiger partial charge in [0.15, 0.2) is 0 Å². The van der Waals surface area contributed by atoms with Gasteiger partial charge < -0.3 is 15.0 Å². The maximum atomic E-state index is 9.55. The minimum atomic E-state index is -0.541. The number of nitrogens with zero attached hydrogens (tertiary/aromatic N) is 1.